The summed E-state index contributed by atoms with van der Waals surface area (Å²) in [6, 6.07) is 9.43. The van der Waals surface area contributed by atoms with Gasteiger partial charge in [-0.1, -0.05) is 37.9 Å². The van der Waals surface area contributed by atoms with Gasteiger partial charge in [0.25, 0.3) is 0 Å². The van der Waals surface area contributed by atoms with Crippen LogP contribution in [0.25, 0.3) is 0 Å². The molecule has 4 heteroatoms. The Morgan fingerprint density at radius 1 is 1.22 bits per heavy atom. The van der Waals surface area contributed by atoms with Crippen LogP contribution in [0.2, 0.25) is 0 Å². The van der Waals surface area contributed by atoms with Crippen molar-refractivity contribution in [3.63, 3.8) is 0 Å². The Hall–Kier alpha value is -1.00. The summed E-state index contributed by atoms with van der Waals surface area (Å²) in [6.45, 7) is 1.98. The van der Waals surface area contributed by atoms with Gasteiger partial charge in [0.15, 0.2) is 5.78 Å². The SMILES string of the molecule is Cc1ccc(CC(=O)c2cc(Br)ccc2Br)nc1. The Balaban J connectivity index is 2.21. The number of carbonyl (C=O) groups excluding carboxylic acids is 1. The van der Waals surface area contributed by atoms with Crippen molar-refractivity contribution < 1.29 is 4.79 Å². The maximum Gasteiger partial charge on any atom is 0.169 e. The van der Waals surface area contributed by atoms with Gasteiger partial charge < -0.3 is 0 Å². The van der Waals surface area contributed by atoms with E-state index in [1.165, 1.54) is 0 Å². The quantitative estimate of drug-likeness (QED) is 0.754. The van der Waals surface area contributed by atoms with E-state index in [9.17, 15) is 4.79 Å². The molecule has 2 aromatic rings. The Labute approximate surface area is 123 Å². The van der Waals surface area contributed by atoms with Gasteiger partial charge in [-0.2, -0.15) is 0 Å². The molecule has 0 N–H and O–H groups in total. The van der Waals surface area contributed by atoms with E-state index in [0.29, 0.717) is 12.0 Å². The summed E-state index contributed by atoms with van der Waals surface area (Å²) >= 11 is 6.76. The fourth-order valence-corrected chi connectivity index (χ4v) is 2.40. The Bertz CT molecular complexity index is 579. The summed E-state index contributed by atoms with van der Waals surface area (Å²) in [7, 11) is 0. The Kier molecular flexibility index (Phi) is 4.30. The molecule has 0 fully saturated rings. The summed E-state index contributed by atoms with van der Waals surface area (Å²) < 4.78 is 1.70. The molecule has 0 spiro atoms. The number of ketones is 1. The molecule has 0 amide bonds. The highest BCUT2D eigenvalue weighted by Gasteiger charge is 2.12. The Morgan fingerprint density at radius 3 is 2.67 bits per heavy atom. The standard InChI is InChI=1S/C14H11Br2NO/c1-9-2-4-11(17-8-9)7-14(18)12-6-10(15)3-5-13(12)16/h2-6,8H,7H2,1H3. The first-order valence-electron chi connectivity index (χ1n) is 5.46. The van der Waals surface area contributed by atoms with Crippen molar-refractivity contribution in [2.24, 2.45) is 0 Å². The number of rotatable bonds is 3. The second-order valence-electron chi connectivity index (χ2n) is 4.05. The van der Waals surface area contributed by atoms with E-state index in [1.54, 1.807) is 6.20 Å². The maximum absolute atomic E-state index is 12.2. The third-order valence-electron chi connectivity index (χ3n) is 2.54. The zero-order valence-electron chi connectivity index (χ0n) is 9.78. The number of halogens is 2. The highest BCUT2D eigenvalue weighted by Crippen LogP contribution is 2.22. The molecule has 0 unspecified atom stereocenters. The van der Waals surface area contributed by atoms with Crippen LogP contribution in [0.15, 0.2) is 45.5 Å². The Morgan fingerprint density at radius 2 is 2.00 bits per heavy atom. The molecule has 2 rings (SSSR count). The van der Waals surface area contributed by atoms with Crippen molar-refractivity contribution >= 4 is 37.6 Å². The van der Waals surface area contributed by atoms with Crippen LogP contribution >= 0.6 is 31.9 Å². The fraction of sp³-hybridized carbons (Fsp3) is 0.143. The molecule has 1 aromatic carbocycles. The number of aromatic nitrogens is 1. The minimum absolute atomic E-state index is 0.0551. The lowest BCUT2D eigenvalue weighted by Gasteiger charge is -2.04. The number of hydrogen-bond acceptors (Lipinski definition) is 2. The third-order valence-corrected chi connectivity index (χ3v) is 3.73. The monoisotopic (exact) mass is 367 g/mol. The van der Waals surface area contributed by atoms with Crippen molar-refractivity contribution in [3.8, 4) is 0 Å². The number of benzene rings is 1. The van der Waals surface area contributed by atoms with Gasteiger partial charge in [0.2, 0.25) is 0 Å². The predicted octanol–water partition coefficient (Wildman–Crippen LogP) is 4.34. The van der Waals surface area contributed by atoms with Crippen molar-refractivity contribution in [2.75, 3.05) is 0 Å². The molecule has 0 saturated heterocycles. The molecule has 0 aliphatic carbocycles. The van der Waals surface area contributed by atoms with Gasteiger partial charge in [-0.3, -0.25) is 9.78 Å². The smallest absolute Gasteiger partial charge is 0.169 e. The van der Waals surface area contributed by atoms with Crippen LogP contribution < -0.4 is 0 Å². The summed E-state index contributed by atoms with van der Waals surface area (Å²) in [5.74, 6) is 0.0551. The van der Waals surface area contributed by atoms with Gasteiger partial charge in [0.05, 0.1) is 6.42 Å². The average molecular weight is 369 g/mol. The number of pyridine rings is 1. The topological polar surface area (TPSA) is 30.0 Å². The van der Waals surface area contributed by atoms with E-state index in [4.69, 9.17) is 0 Å². The first-order valence-corrected chi connectivity index (χ1v) is 7.04. The molecular formula is C14H11Br2NO. The van der Waals surface area contributed by atoms with Crippen molar-refractivity contribution in [3.05, 3.63) is 62.3 Å². The lowest BCUT2D eigenvalue weighted by molar-refractivity contribution is 0.0991. The van der Waals surface area contributed by atoms with E-state index >= 15 is 0 Å². The van der Waals surface area contributed by atoms with Gasteiger partial charge in [-0.25, -0.2) is 0 Å². The van der Waals surface area contributed by atoms with Crippen LogP contribution in [0.5, 0.6) is 0 Å². The highest BCUT2D eigenvalue weighted by atomic mass is 79.9. The van der Waals surface area contributed by atoms with Gasteiger partial charge >= 0.3 is 0 Å². The van der Waals surface area contributed by atoms with E-state index in [-0.39, 0.29) is 5.78 Å². The van der Waals surface area contributed by atoms with Crippen LogP contribution in [0.4, 0.5) is 0 Å². The van der Waals surface area contributed by atoms with E-state index in [0.717, 1.165) is 20.2 Å². The molecule has 0 radical (unpaired) electrons. The molecule has 0 bridgehead atoms. The molecule has 1 aromatic heterocycles. The second kappa shape index (κ2) is 5.76. The van der Waals surface area contributed by atoms with Gasteiger partial charge in [0, 0.05) is 26.4 Å². The molecule has 18 heavy (non-hydrogen) atoms. The number of nitrogens with zero attached hydrogens (tertiary/aromatic N) is 1. The number of aryl methyl sites for hydroxylation is 1. The summed E-state index contributed by atoms with van der Waals surface area (Å²) in [6.07, 6.45) is 2.09. The summed E-state index contributed by atoms with van der Waals surface area (Å²) in [4.78, 5) is 16.4. The molecule has 0 aliphatic heterocycles. The van der Waals surface area contributed by atoms with Gasteiger partial charge in [-0.15, -0.1) is 0 Å². The van der Waals surface area contributed by atoms with Crippen molar-refractivity contribution in [1.82, 2.24) is 4.98 Å². The van der Waals surface area contributed by atoms with E-state index < -0.39 is 0 Å². The van der Waals surface area contributed by atoms with Crippen molar-refractivity contribution in [1.29, 1.82) is 0 Å². The minimum atomic E-state index is 0.0551. The number of Topliss-reactive ketones (excluding diaryl/α,β-unsaturated/α-hetero) is 1. The van der Waals surface area contributed by atoms with Crippen LogP contribution in [0, 0.1) is 6.92 Å². The number of carbonyl (C=O) groups is 1. The molecule has 0 aliphatic rings. The average Bonchev–Trinajstić information content (AvgIpc) is 2.35. The van der Waals surface area contributed by atoms with E-state index in [2.05, 4.69) is 36.8 Å². The zero-order valence-corrected chi connectivity index (χ0v) is 13.0. The highest BCUT2D eigenvalue weighted by molar-refractivity contribution is 9.11. The molecule has 1 heterocycles. The van der Waals surface area contributed by atoms with Crippen LogP contribution in [0.3, 0.4) is 0 Å². The van der Waals surface area contributed by atoms with Crippen molar-refractivity contribution in [2.45, 2.75) is 13.3 Å². The normalized spacial score (nSPS) is 10.4. The van der Waals surface area contributed by atoms with Crippen LogP contribution in [0.1, 0.15) is 21.6 Å². The molecule has 92 valence electrons. The maximum atomic E-state index is 12.2. The first kappa shape index (κ1) is 13.4. The largest absolute Gasteiger partial charge is 0.294 e. The zero-order chi connectivity index (χ0) is 13.1. The van der Waals surface area contributed by atoms with Gasteiger partial charge in [0.1, 0.15) is 0 Å². The van der Waals surface area contributed by atoms with E-state index in [1.807, 2.05) is 37.3 Å². The molecule has 0 saturated carbocycles. The molecular weight excluding hydrogens is 358 g/mol. The predicted molar refractivity (Wildman–Crippen MR) is 78.9 cm³/mol. The first-order chi connectivity index (χ1) is 8.56. The number of hydrogen-bond donors (Lipinski definition) is 0. The second-order valence-corrected chi connectivity index (χ2v) is 5.82. The van der Waals surface area contributed by atoms with Gasteiger partial charge in [-0.05, 0) is 36.8 Å². The lowest BCUT2D eigenvalue weighted by Crippen LogP contribution is -2.06. The molecule has 2 nitrogen and oxygen atoms in total. The molecule has 0 atom stereocenters. The fourth-order valence-electron chi connectivity index (χ4n) is 1.57. The van der Waals surface area contributed by atoms with Crippen LogP contribution in [-0.4, -0.2) is 10.8 Å². The van der Waals surface area contributed by atoms with Crippen LogP contribution in [-0.2, 0) is 6.42 Å². The summed E-state index contributed by atoms with van der Waals surface area (Å²) in [5.41, 5.74) is 2.55. The summed E-state index contributed by atoms with van der Waals surface area (Å²) in [5, 5.41) is 0. The lowest BCUT2D eigenvalue weighted by atomic mass is 10.1. The third kappa shape index (κ3) is 3.27. The minimum Gasteiger partial charge on any atom is -0.294 e.